The standard InChI is InChI=1S/C27H29N5O4.C4H4O4/c1-18(33)28-22-4-2-3-5-23(22)30-27(35)29-20-8-6-19(7-9-20)24-10-11-25(36-24)26(34)32-17-16-31-14-12-21(32)13-15-31;5-3(6)1-2-4(7)8/h2-11,21H,12-17H2,1H3,(H,28,33)(H2,29,30,35);1-2H,(H,5,6)(H,7,8)/b;2-1+. The number of piperidine rings is 1. The van der Waals surface area contributed by atoms with Gasteiger partial charge in [0.05, 0.1) is 11.4 Å². The topological polar surface area (TPSA) is 182 Å². The maximum Gasteiger partial charge on any atom is 0.328 e. The second-order valence-electron chi connectivity index (χ2n) is 10.1. The smallest absolute Gasteiger partial charge is 0.328 e. The van der Waals surface area contributed by atoms with Gasteiger partial charge in [0, 0.05) is 62.5 Å². The van der Waals surface area contributed by atoms with E-state index in [1.807, 2.05) is 17.0 Å². The van der Waals surface area contributed by atoms with Crippen molar-refractivity contribution in [3.8, 4) is 11.3 Å². The molecule has 0 aliphatic carbocycles. The maximum atomic E-state index is 13.1. The van der Waals surface area contributed by atoms with Gasteiger partial charge in [0.1, 0.15) is 5.76 Å². The number of carbonyl (C=O) groups is 5. The lowest BCUT2D eigenvalue weighted by Crippen LogP contribution is -2.41. The second kappa shape index (κ2) is 14.6. The molecule has 3 aromatic rings. The molecule has 5 N–H and O–H groups in total. The van der Waals surface area contributed by atoms with Crippen LogP contribution in [0.5, 0.6) is 0 Å². The van der Waals surface area contributed by atoms with E-state index in [9.17, 15) is 24.0 Å². The van der Waals surface area contributed by atoms with Gasteiger partial charge in [-0.15, -0.1) is 0 Å². The first-order valence-electron chi connectivity index (χ1n) is 13.9. The van der Waals surface area contributed by atoms with Crippen LogP contribution in [0.2, 0.25) is 0 Å². The summed E-state index contributed by atoms with van der Waals surface area (Å²) >= 11 is 0. The van der Waals surface area contributed by atoms with Crippen molar-refractivity contribution >= 4 is 46.8 Å². The van der Waals surface area contributed by atoms with Gasteiger partial charge in [-0.05, 0) is 61.4 Å². The number of nitrogens with zero attached hydrogens (tertiary/aromatic N) is 2. The predicted octanol–water partition coefficient (Wildman–Crippen LogP) is 4.18. The summed E-state index contributed by atoms with van der Waals surface area (Å²) in [4.78, 5) is 60.5. The highest BCUT2D eigenvalue weighted by Gasteiger charge is 2.33. The molecule has 13 heteroatoms. The number of urea groups is 1. The summed E-state index contributed by atoms with van der Waals surface area (Å²) in [5.41, 5.74) is 2.40. The summed E-state index contributed by atoms with van der Waals surface area (Å²) in [7, 11) is 0. The average Bonchev–Trinajstić information content (AvgIpc) is 3.29. The Morgan fingerprint density at radius 2 is 1.39 bits per heavy atom. The monoisotopic (exact) mass is 603 g/mol. The molecular formula is C31H33N5O8. The highest BCUT2D eigenvalue weighted by molar-refractivity contribution is 6.03. The van der Waals surface area contributed by atoms with E-state index >= 15 is 0 Å². The van der Waals surface area contributed by atoms with Crippen LogP contribution in [0.15, 0.2) is 77.2 Å². The molecule has 230 valence electrons. The summed E-state index contributed by atoms with van der Waals surface area (Å²) in [5.74, 6) is -1.84. The summed E-state index contributed by atoms with van der Waals surface area (Å²) < 4.78 is 5.94. The molecule has 6 rings (SSSR count). The van der Waals surface area contributed by atoms with Crippen molar-refractivity contribution in [3.05, 3.63) is 78.6 Å². The second-order valence-corrected chi connectivity index (χ2v) is 10.1. The van der Waals surface area contributed by atoms with Gasteiger partial charge in [-0.2, -0.15) is 0 Å². The van der Waals surface area contributed by atoms with Gasteiger partial charge in [-0.1, -0.05) is 12.1 Å². The Hall–Kier alpha value is -5.43. The molecule has 1 aromatic heterocycles. The van der Waals surface area contributed by atoms with Crippen LogP contribution >= 0.6 is 0 Å². The Bertz CT molecular complexity index is 1520. The number of fused-ring (bicyclic) bond motifs is 4. The number of rotatable bonds is 7. The average molecular weight is 604 g/mol. The van der Waals surface area contributed by atoms with E-state index in [2.05, 4.69) is 20.9 Å². The minimum atomic E-state index is -1.26. The van der Waals surface area contributed by atoms with Gasteiger partial charge in [-0.3, -0.25) is 9.59 Å². The Labute approximate surface area is 253 Å². The molecule has 3 fully saturated rings. The van der Waals surface area contributed by atoms with Crippen molar-refractivity contribution in [2.45, 2.75) is 25.8 Å². The first kappa shape index (κ1) is 31.5. The highest BCUT2D eigenvalue weighted by atomic mass is 16.4. The SMILES string of the molecule is CC(=O)Nc1ccccc1NC(=O)Nc1ccc(-c2ccc(C(=O)N3CCN4CCC3CC4)o2)cc1.O=C(O)/C=C/C(=O)O. The Morgan fingerprint density at radius 3 is 1.98 bits per heavy atom. The van der Waals surface area contributed by atoms with E-state index < -0.39 is 18.0 Å². The van der Waals surface area contributed by atoms with Crippen molar-refractivity contribution < 1.29 is 38.6 Å². The van der Waals surface area contributed by atoms with Gasteiger partial charge < -0.3 is 40.4 Å². The number of carbonyl (C=O) groups excluding carboxylic acids is 3. The van der Waals surface area contributed by atoms with Gasteiger partial charge in [0.25, 0.3) is 5.91 Å². The van der Waals surface area contributed by atoms with Crippen LogP contribution in [0.4, 0.5) is 21.9 Å². The van der Waals surface area contributed by atoms with E-state index in [4.69, 9.17) is 14.6 Å². The first-order valence-corrected chi connectivity index (χ1v) is 13.9. The number of benzene rings is 2. The third kappa shape index (κ3) is 8.79. The van der Waals surface area contributed by atoms with E-state index in [0.29, 0.717) is 40.7 Å². The molecule has 4 amide bonds. The number of carboxylic acids is 2. The zero-order valence-corrected chi connectivity index (χ0v) is 24.0. The number of aliphatic carboxylic acids is 2. The first-order chi connectivity index (χ1) is 21.1. The van der Waals surface area contributed by atoms with E-state index in [1.54, 1.807) is 48.5 Å². The third-order valence-electron chi connectivity index (χ3n) is 7.01. The molecule has 4 heterocycles. The Morgan fingerprint density at radius 1 is 0.773 bits per heavy atom. The fourth-order valence-electron chi connectivity index (χ4n) is 4.94. The van der Waals surface area contributed by atoms with Crippen molar-refractivity contribution in [2.75, 3.05) is 42.1 Å². The zero-order valence-electron chi connectivity index (χ0n) is 24.0. The molecule has 2 aromatic carbocycles. The quantitative estimate of drug-likeness (QED) is 0.247. The van der Waals surface area contributed by atoms with Crippen LogP contribution in [0.3, 0.4) is 0 Å². The molecule has 0 spiro atoms. The van der Waals surface area contributed by atoms with Crippen molar-refractivity contribution in [1.29, 1.82) is 0 Å². The lowest BCUT2D eigenvalue weighted by molar-refractivity contribution is -0.134. The minimum absolute atomic E-state index is 0.0514. The Kier molecular flexibility index (Phi) is 10.5. The van der Waals surface area contributed by atoms with Crippen LogP contribution in [-0.4, -0.2) is 82.0 Å². The molecule has 2 bridgehead atoms. The van der Waals surface area contributed by atoms with Crippen LogP contribution in [-0.2, 0) is 14.4 Å². The zero-order chi connectivity index (χ0) is 31.6. The number of furan rings is 1. The number of hydrogen-bond donors (Lipinski definition) is 5. The van der Waals surface area contributed by atoms with Crippen LogP contribution in [0.25, 0.3) is 11.3 Å². The van der Waals surface area contributed by atoms with E-state index in [-0.39, 0.29) is 17.9 Å². The molecule has 3 aliphatic rings. The molecule has 44 heavy (non-hydrogen) atoms. The van der Waals surface area contributed by atoms with Crippen molar-refractivity contribution in [3.63, 3.8) is 0 Å². The fraction of sp³-hybridized carbons (Fsp3) is 0.258. The van der Waals surface area contributed by atoms with Gasteiger partial charge >= 0.3 is 18.0 Å². The number of anilines is 3. The third-order valence-corrected chi connectivity index (χ3v) is 7.01. The lowest BCUT2D eigenvalue weighted by Gasteiger charge is -2.30. The number of hydrogen-bond acceptors (Lipinski definition) is 7. The van der Waals surface area contributed by atoms with Gasteiger partial charge in [-0.25, -0.2) is 14.4 Å². The number of nitrogens with one attached hydrogen (secondary N) is 3. The number of amides is 4. The molecule has 0 radical (unpaired) electrons. The molecular weight excluding hydrogens is 570 g/mol. The fourth-order valence-corrected chi connectivity index (χ4v) is 4.94. The summed E-state index contributed by atoms with van der Waals surface area (Å²) in [6.07, 6.45) is 3.14. The molecule has 0 atom stereocenters. The van der Waals surface area contributed by atoms with Crippen molar-refractivity contribution in [1.82, 2.24) is 9.80 Å². The maximum absolute atomic E-state index is 13.1. The lowest BCUT2D eigenvalue weighted by atomic mass is 10.1. The summed E-state index contributed by atoms with van der Waals surface area (Å²) in [6, 6.07) is 17.5. The van der Waals surface area contributed by atoms with Crippen LogP contribution in [0, 0.1) is 0 Å². The number of para-hydroxylation sites is 2. The molecule has 0 unspecified atom stereocenters. The molecule has 0 saturated carbocycles. The highest BCUT2D eigenvalue weighted by Crippen LogP contribution is 2.27. The van der Waals surface area contributed by atoms with Gasteiger partial charge in [0.15, 0.2) is 5.76 Å². The Balaban J connectivity index is 0.000000488. The predicted molar refractivity (Wildman–Crippen MR) is 162 cm³/mol. The molecule has 13 nitrogen and oxygen atoms in total. The van der Waals surface area contributed by atoms with Crippen molar-refractivity contribution in [2.24, 2.45) is 0 Å². The van der Waals surface area contributed by atoms with Crippen LogP contribution < -0.4 is 16.0 Å². The minimum Gasteiger partial charge on any atom is -0.478 e. The summed E-state index contributed by atoms with van der Waals surface area (Å²) in [6.45, 7) is 5.16. The van der Waals surface area contributed by atoms with E-state index in [0.717, 1.165) is 44.6 Å². The number of carboxylic acid groups (broad SMARTS) is 2. The van der Waals surface area contributed by atoms with Gasteiger partial charge in [0.2, 0.25) is 5.91 Å². The van der Waals surface area contributed by atoms with E-state index in [1.165, 1.54) is 6.92 Å². The normalized spacial score (nSPS) is 17.2. The molecule has 3 aliphatic heterocycles. The van der Waals surface area contributed by atoms with Crippen LogP contribution in [0.1, 0.15) is 30.3 Å². The summed E-state index contributed by atoms with van der Waals surface area (Å²) in [5, 5.41) is 23.8. The molecule has 3 saturated heterocycles. The largest absolute Gasteiger partial charge is 0.478 e.